The average molecular weight is 542 g/mol. The van der Waals surface area contributed by atoms with Gasteiger partial charge in [0.2, 0.25) is 5.91 Å². The van der Waals surface area contributed by atoms with Crippen LogP contribution in [0.15, 0.2) is 59.5 Å². The van der Waals surface area contributed by atoms with Crippen molar-refractivity contribution in [1.82, 2.24) is 4.90 Å². The summed E-state index contributed by atoms with van der Waals surface area (Å²) in [4.78, 5) is 40.0. The fourth-order valence-electron chi connectivity index (χ4n) is 4.24. The Bertz CT molecular complexity index is 1430. The van der Waals surface area contributed by atoms with Gasteiger partial charge in [-0.05, 0) is 55.3 Å². The third kappa shape index (κ3) is 5.23. The highest BCUT2D eigenvalue weighted by Crippen LogP contribution is 2.38. The van der Waals surface area contributed by atoms with Gasteiger partial charge in [0.15, 0.2) is 0 Å². The zero-order valence-electron chi connectivity index (χ0n) is 20.7. The zero-order valence-corrected chi connectivity index (χ0v) is 22.3. The first-order chi connectivity index (χ1) is 17.7. The van der Waals surface area contributed by atoms with Crippen LogP contribution >= 0.6 is 11.3 Å². The summed E-state index contributed by atoms with van der Waals surface area (Å²) in [7, 11) is -2.56. The van der Waals surface area contributed by atoms with Crippen molar-refractivity contribution in [1.29, 1.82) is 0 Å². The molecule has 9 nitrogen and oxygen atoms in total. The summed E-state index contributed by atoms with van der Waals surface area (Å²) in [6.07, 6.45) is 0.480. The number of amides is 2. The molecular formula is C26H27N3O6S2. The molecule has 1 aliphatic rings. The Hall–Kier alpha value is -3.70. The minimum Gasteiger partial charge on any atom is -0.465 e. The number of anilines is 2. The molecule has 0 saturated heterocycles. The first-order valence-corrected chi connectivity index (χ1v) is 13.9. The van der Waals surface area contributed by atoms with Gasteiger partial charge in [-0.2, -0.15) is 0 Å². The molecule has 0 unspecified atom stereocenters. The molecule has 2 amide bonds. The lowest BCUT2D eigenvalue weighted by atomic mass is 10.0. The van der Waals surface area contributed by atoms with E-state index in [-0.39, 0.29) is 22.9 Å². The predicted molar refractivity (Wildman–Crippen MR) is 141 cm³/mol. The number of fused-ring (bicyclic) bond motifs is 1. The highest BCUT2D eigenvalue weighted by Gasteiger charge is 2.30. The largest absolute Gasteiger partial charge is 0.465 e. The van der Waals surface area contributed by atoms with Crippen molar-refractivity contribution in [3.05, 3.63) is 76.2 Å². The number of sulfonamides is 1. The molecule has 0 radical (unpaired) electrons. The van der Waals surface area contributed by atoms with Gasteiger partial charge >= 0.3 is 5.97 Å². The number of benzene rings is 2. The van der Waals surface area contributed by atoms with Crippen LogP contribution in [0.2, 0.25) is 0 Å². The Labute approximate surface area is 219 Å². The summed E-state index contributed by atoms with van der Waals surface area (Å²) in [6.45, 7) is 4.32. The number of para-hydroxylation sites is 1. The lowest BCUT2D eigenvalue weighted by Gasteiger charge is -2.25. The molecule has 194 valence electrons. The number of hydrogen-bond acceptors (Lipinski definition) is 7. The second-order valence-electron chi connectivity index (χ2n) is 8.37. The van der Waals surface area contributed by atoms with Gasteiger partial charge in [0.05, 0.1) is 29.8 Å². The fourth-order valence-corrected chi connectivity index (χ4v) is 6.96. The van der Waals surface area contributed by atoms with E-state index in [1.165, 1.54) is 53.9 Å². The molecular weight excluding hydrogens is 514 g/mol. The smallest absolute Gasteiger partial charge is 0.341 e. The summed E-state index contributed by atoms with van der Waals surface area (Å²) >= 11 is 1.23. The van der Waals surface area contributed by atoms with Gasteiger partial charge in [0, 0.05) is 30.5 Å². The van der Waals surface area contributed by atoms with E-state index in [0.717, 1.165) is 10.4 Å². The van der Waals surface area contributed by atoms with Crippen LogP contribution in [0.25, 0.3) is 0 Å². The molecule has 0 atom stereocenters. The SMILES string of the molecule is CCN(c1ccccc1)S(=O)(=O)c1ccc(C(=O)Nc2sc3c(c2C(=O)OC)CCN(C(C)=O)C3)cc1. The Kier molecular flexibility index (Phi) is 7.65. The third-order valence-electron chi connectivity index (χ3n) is 6.15. The highest BCUT2D eigenvalue weighted by molar-refractivity contribution is 7.92. The molecule has 11 heteroatoms. The molecule has 0 saturated carbocycles. The van der Waals surface area contributed by atoms with Crippen LogP contribution in [0, 0.1) is 0 Å². The van der Waals surface area contributed by atoms with Crippen molar-refractivity contribution in [2.75, 3.05) is 29.8 Å². The number of thiophene rings is 1. The first-order valence-electron chi connectivity index (χ1n) is 11.6. The Morgan fingerprint density at radius 2 is 1.76 bits per heavy atom. The van der Waals surface area contributed by atoms with Gasteiger partial charge in [-0.15, -0.1) is 11.3 Å². The maximum Gasteiger partial charge on any atom is 0.341 e. The van der Waals surface area contributed by atoms with Crippen LogP contribution in [-0.2, 0) is 32.5 Å². The van der Waals surface area contributed by atoms with Crippen molar-refractivity contribution >= 4 is 49.8 Å². The summed E-state index contributed by atoms with van der Waals surface area (Å²) in [5.41, 5.74) is 1.84. The van der Waals surface area contributed by atoms with Gasteiger partial charge in [-0.1, -0.05) is 18.2 Å². The quantitative estimate of drug-likeness (QED) is 0.454. The maximum atomic E-state index is 13.2. The summed E-state index contributed by atoms with van der Waals surface area (Å²) in [6, 6.07) is 14.4. The minimum absolute atomic E-state index is 0.0564. The van der Waals surface area contributed by atoms with E-state index < -0.39 is 21.9 Å². The van der Waals surface area contributed by atoms with E-state index in [9.17, 15) is 22.8 Å². The molecule has 1 aliphatic heterocycles. The second kappa shape index (κ2) is 10.7. The van der Waals surface area contributed by atoms with Crippen molar-refractivity contribution in [2.24, 2.45) is 0 Å². The number of rotatable bonds is 7. The highest BCUT2D eigenvalue weighted by atomic mass is 32.2. The van der Waals surface area contributed by atoms with E-state index in [4.69, 9.17) is 4.74 Å². The van der Waals surface area contributed by atoms with Crippen LogP contribution in [0.5, 0.6) is 0 Å². The molecule has 1 N–H and O–H groups in total. The van der Waals surface area contributed by atoms with Gasteiger partial charge in [0.1, 0.15) is 5.00 Å². The van der Waals surface area contributed by atoms with Crippen LogP contribution in [-0.4, -0.2) is 51.3 Å². The Morgan fingerprint density at radius 1 is 1.08 bits per heavy atom. The standard InChI is InChI=1S/C26H27N3O6S2/c1-4-29(19-8-6-5-7-9-19)37(33,34)20-12-10-18(11-13-20)24(31)27-25-23(26(32)35-3)21-14-15-28(17(2)30)16-22(21)36-25/h5-13H,4,14-16H2,1-3H3,(H,27,31). The molecule has 3 aromatic rings. The fraction of sp³-hybridized carbons (Fsp3) is 0.269. The summed E-state index contributed by atoms with van der Waals surface area (Å²) < 4.78 is 32.7. The van der Waals surface area contributed by atoms with E-state index in [1.807, 2.05) is 6.07 Å². The van der Waals surface area contributed by atoms with Gasteiger partial charge in [-0.25, -0.2) is 13.2 Å². The molecule has 4 rings (SSSR count). The number of carbonyl (C=O) groups is 3. The topological polar surface area (TPSA) is 113 Å². The Morgan fingerprint density at radius 3 is 2.35 bits per heavy atom. The number of nitrogens with zero attached hydrogens (tertiary/aromatic N) is 2. The van der Waals surface area contributed by atoms with Crippen LogP contribution in [0.1, 0.15) is 45.0 Å². The molecule has 0 bridgehead atoms. The zero-order chi connectivity index (χ0) is 26.7. The van der Waals surface area contributed by atoms with Crippen LogP contribution in [0.4, 0.5) is 10.7 Å². The van der Waals surface area contributed by atoms with Crippen molar-refractivity contribution in [3.63, 3.8) is 0 Å². The van der Waals surface area contributed by atoms with Crippen LogP contribution in [0.3, 0.4) is 0 Å². The summed E-state index contributed by atoms with van der Waals surface area (Å²) in [5, 5.41) is 3.11. The lowest BCUT2D eigenvalue weighted by Crippen LogP contribution is -2.33. The van der Waals surface area contributed by atoms with Gasteiger partial charge in [-0.3, -0.25) is 13.9 Å². The van der Waals surface area contributed by atoms with Crippen molar-refractivity contribution in [3.8, 4) is 0 Å². The first kappa shape index (κ1) is 26.4. The monoisotopic (exact) mass is 541 g/mol. The molecule has 2 heterocycles. The van der Waals surface area contributed by atoms with E-state index in [0.29, 0.717) is 35.8 Å². The predicted octanol–water partition coefficient (Wildman–Crippen LogP) is 3.91. The lowest BCUT2D eigenvalue weighted by molar-refractivity contribution is -0.129. The van der Waals surface area contributed by atoms with E-state index >= 15 is 0 Å². The molecule has 0 aliphatic carbocycles. The van der Waals surface area contributed by atoms with E-state index in [1.54, 1.807) is 36.1 Å². The third-order valence-corrected chi connectivity index (χ3v) is 9.20. The molecule has 37 heavy (non-hydrogen) atoms. The van der Waals surface area contributed by atoms with Gasteiger partial charge < -0.3 is 15.0 Å². The molecule has 1 aromatic heterocycles. The number of methoxy groups -OCH3 is 1. The average Bonchev–Trinajstić information content (AvgIpc) is 3.26. The number of nitrogens with one attached hydrogen (secondary N) is 1. The second-order valence-corrected chi connectivity index (χ2v) is 11.3. The van der Waals surface area contributed by atoms with E-state index in [2.05, 4.69) is 5.32 Å². The van der Waals surface area contributed by atoms with Crippen molar-refractivity contribution in [2.45, 2.75) is 31.7 Å². The summed E-state index contributed by atoms with van der Waals surface area (Å²) in [5.74, 6) is -1.12. The number of esters is 1. The number of ether oxygens (including phenoxy) is 1. The van der Waals surface area contributed by atoms with Crippen LogP contribution < -0.4 is 9.62 Å². The molecule has 0 spiro atoms. The number of carbonyl (C=O) groups excluding carboxylic acids is 3. The molecule has 0 fully saturated rings. The number of hydrogen-bond donors (Lipinski definition) is 1. The Balaban J connectivity index is 1.58. The maximum absolute atomic E-state index is 13.2. The minimum atomic E-state index is -3.83. The van der Waals surface area contributed by atoms with Gasteiger partial charge in [0.25, 0.3) is 15.9 Å². The normalized spacial score (nSPS) is 13.0. The van der Waals surface area contributed by atoms with Crippen molar-refractivity contribution < 1.29 is 27.5 Å². The molecule has 2 aromatic carbocycles.